The molecule has 0 atom stereocenters. The molecule has 0 fully saturated rings. The van der Waals surface area contributed by atoms with E-state index < -0.39 is 0 Å². The van der Waals surface area contributed by atoms with Crippen LogP contribution < -0.4 is 18.1 Å². The van der Waals surface area contributed by atoms with Crippen molar-refractivity contribution in [2.24, 2.45) is 0 Å². The molecule has 1 nitrogen and oxygen atoms in total. The highest BCUT2D eigenvalue weighted by molar-refractivity contribution is 4.79. The minimum absolute atomic E-state index is 0. The first-order valence-electron chi connectivity index (χ1n) is 10.4. The molecule has 0 saturated carbocycles. The average Bonchev–Trinajstić information content (AvgIpc) is 2.54. The van der Waals surface area contributed by atoms with Gasteiger partial charge in [-0.2, -0.15) is 0 Å². The van der Waals surface area contributed by atoms with E-state index in [1.165, 1.54) is 109 Å². The Morgan fingerprint density at radius 2 is 0.870 bits per heavy atom. The van der Waals surface area contributed by atoms with Gasteiger partial charge in [-0.1, -0.05) is 109 Å². The van der Waals surface area contributed by atoms with E-state index >= 15 is 0 Å². The van der Waals surface area contributed by atoms with E-state index in [-0.39, 0.29) is 12.4 Å². The Bertz CT molecular complexity index is 216. The molecule has 3 N–H and O–H groups in total. The molecule has 0 saturated heterocycles. The Morgan fingerprint density at radius 3 is 1.22 bits per heavy atom. The Labute approximate surface area is 153 Å². The third-order valence-electron chi connectivity index (χ3n) is 4.56. The van der Waals surface area contributed by atoms with Crippen molar-refractivity contribution in [3.63, 3.8) is 0 Å². The Kier molecular flexibility index (Phi) is 26.6. The summed E-state index contributed by atoms with van der Waals surface area (Å²) >= 11 is 0. The quantitative estimate of drug-likeness (QED) is 0.291. The van der Waals surface area contributed by atoms with Crippen molar-refractivity contribution >= 4 is 0 Å². The van der Waals surface area contributed by atoms with Gasteiger partial charge in [0.05, 0.1) is 6.54 Å². The van der Waals surface area contributed by atoms with Gasteiger partial charge in [-0.3, -0.25) is 0 Å². The summed E-state index contributed by atoms with van der Waals surface area (Å²) in [5.74, 6) is 0. The Morgan fingerprint density at radius 1 is 0.522 bits per heavy atom. The zero-order chi connectivity index (χ0) is 16.1. The highest BCUT2D eigenvalue weighted by Gasteiger charge is 1.94. The lowest BCUT2D eigenvalue weighted by Crippen LogP contribution is -3.00. The fourth-order valence-corrected chi connectivity index (χ4v) is 3.05. The monoisotopic (exact) mass is 345 g/mol. The van der Waals surface area contributed by atoms with Crippen LogP contribution in [0.5, 0.6) is 0 Å². The van der Waals surface area contributed by atoms with Crippen LogP contribution in [-0.4, -0.2) is 6.54 Å². The molecule has 2 heteroatoms. The minimum Gasteiger partial charge on any atom is -1.00 e. The molecule has 0 aromatic heterocycles. The third kappa shape index (κ3) is 24.4. The van der Waals surface area contributed by atoms with Crippen LogP contribution in [0.25, 0.3) is 0 Å². The molecule has 23 heavy (non-hydrogen) atoms. The van der Waals surface area contributed by atoms with Gasteiger partial charge in [-0.05, 0) is 18.9 Å². The largest absolute Gasteiger partial charge is 1.00 e. The fourth-order valence-electron chi connectivity index (χ4n) is 3.05. The van der Waals surface area contributed by atoms with Crippen molar-refractivity contribution in [2.45, 2.75) is 116 Å². The number of hydrogen-bond acceptors (Lipinski definition) is 0. The van der Waals surface area contributed by atoms with Crippen molar-refractivity contribution in [1.29, 1.82) is 0 Å². The predicted octanol–water partition coefficient (Wildman–Crippen LogP) is 3.44. The second-order valence-electron chi connectivity index (χ2n) is 6.85. The second-order valence-corrected chi connectivity index (χ2v) is 6.85. The van der Waals surface area contributed by atoms with E-state index in [0.29, 0.717) is 0 Å². The molecule has 0 radical (unpaired) electrons. The van der Waals surface area contributed by atoms with Gasteiger partial charge in [0, 0.05) is 0 Å². The average molecular weight is 346 g/mol. The van der Waals surface area contributed by atoms with E-state index in [2.05, 4.69) is 24.8 Å². The number of hydrogen-bond donors (Lipinski definition) is 1. The predicted molar refractivity (Wildman–Crippen MR) is 101 cm³/mol. The minimum atomic E-state index is 0. The zero-order valence-corrected chi connectivity index (χ0v) is 16.7. The zero-order valence-electron chi connectivity index (χ0n) is 16.0. The standard InChI is InChI=1S/C21H43N.ClH/c1-2-3-4-5-6-7-8-9-10-11-12-13-14-15-16-17-18-19-20-21-22;/h19-20H,2-18,21-22H2,1H3;1H. The van der Waals surface area contributed by atoms with Gasteiger partial charge in [0.25, 0.3) is 0 Å². The van der Waals surface area contributed by atoms with Crippen LogP contribution in [0.15, 0.2) is 12.2 Å². The molecule has 0 aliphatic rings. The van der Waals surface area contributed by atoms with Crippen molar-refractivity contribution in [3.8, 4) is 0 Å². The van der Waals surface area contributed by atoms with Gasteiger partial charge in [-0.25, -0.2) is 0 Å². The molecule has 0 aliphatic heterocycles. The van der Waals surface area contributed by atoms with Gasteiger partial charge in [0.15, 0.2) is 0 Å². The molecule has 0 amide bonds. The SMILES string of the molecule is CCCCCCCCCCCCCCCCCCC=CC[NH3+].[Cl-]. The summed E-state index contributed by atoms with van der Waals surface area (Å²) < 4.78 is 0. The Balaban J connectivity index is 0. The molecular formula is C21H44ClN. The van der Waals surface area contributed by atoms with Crippen molar-refractivity contribution in [1.82, 2.24) is 0 Å². The van der Waals surface area contributed by atoms with Gasteiger partial charge >= 0.3 is 0 Å². The highest BCUT2D eigenvalue weighted by Crippen LogP contribution is 2.13. The van der Waals surface area contributed by atoms with E-state index in [1.807, 2.05) is 0 Å². The van der Waals surface area contributed by atoms with Gasteiger partial charge in [-0.15, -0.1) is 0 Å². The van der Waals surface area contributed by atoms with E-state index in [1.54, 1.807) is 0 Å². The van der Waals surface area contributed by atoms with Crippen LogP contribution in [0.3, 0.4) is 0 Å². The topological polar surface area (TPSA) is 27.6 Å². The van der Waals surface area contributed by atoms with Gasteiger partial charge < -0.3 is 18.1 Å². The molecule has 0 aliphatic carbocycles. The lowest BCUT2D eigenvalue weighted by molar-refractivity contribution is -0.352. The molecule has 140 valence electrons. The number of halogens is 1. The molecular weight excluding hydrogens is 302 g/mol. The smallest absolute Gasteiger partial charge is 0.0926 e. The summed E-state index contributed by atoms with van der Waals surface area (Å²) in [6.45, 7) is 3.24. The summed E-state index contributed by atoms with van der Waals surface area (Å²) in [6.07, 6.45) is 28.9. The normalized spacial score (nSPS) is 11.0. The lowest BCUT2D eigenvalue weighted by atomic mass is 10.0. The lowest BCUT2D eigenvalue weighted by Gasteiger charge is -2.03. The van der Waals surface area contributed by atoms with Crippen molar-refractivity contribution in [3.05, 3.63) is 12.2 Å². The second kappa shape index (κ2) is 24.2. The summed E-state index contributed by atoms with van der Waals surface area (Å²) in [7, 11) is 0. The first kappa shape index (κ1) is 25.2. The maximum Gasteiger partial charge on any atom is 0.0926 e. The van der Waals surface area contributed by atoms with Crippen LogP contribution in [-0.2, 0) is 0 Å². The molecule has 0 rings (SSSR count). The number of rotatable bonds is 18. The number of allylic oxidation sites excluding steroid dienone is 1. The molecule has 0 bridgehead atoms. The third-order valence-corrected chi connectivity index (χ3v) is 4.56. The number of quaternary nitrogens is 1. The van der Waals surface area contributed by atoms with Crippen LogP contribution >= 0.6 is 0 Å². The summed E-state index contributed by atoms with van der Waals surface area (Å²) in [6, 6.07) is 0. The van der Waals surface area contributed by atoms with E-state index in [0.717, 1.165) is 6.54 Å². The Hall–Kier alpha value is -0.0100. The van der Waals surface area contributed by atoms with Gasteiger partial charge in [0.1, 0.15) is 0 Å². The van der Waals surface area contributed by atoms with Crippen molar-refractivity contribution < 1.29 is 18.1 Å². The van der Waals surface area contributed by atoms with Crippen LogP contribution in [0.2, 0.25) is 0 Å². The first-order valence-corrected chi connectivity index (χ1v) is 10.4. The van der Waals surface area contributed by atoms with Crippen LogP contribution in [0, 0.1) is 0 Å². The van der Waals surface area contributed by atoms with Crippen LogP contribution in [0.1, 0.15) is 116 Å². The molecule has 0 aromatic carbocycles. The van der Waals surface area contributed by atoms with E-state index in [4.69, 9.17) is 0 Å². The highest BCUT2D eigenvalue weighted by atomic mass is 35.5. The summed E-state index contributed by atoms with van der Waals surface area (Å²) in [5, 5.41) is 0. The van der Waals surface area contributed by atoms with Crippen molar-refractivity contribution in [2.75, 3.05) is 6.54 Å². The van der Waals surface area contributed by atoms with Gasteiger partial charge in [0.2, 0.25) is 0 Å². The fraction of sp³-hybridized carbons (Fsp3) is 0.905. The summed E-state index contributed by atoms with van der Waals surface area (Å²) in [4.78, 5) is 0. The molecule has 0 unspecified atom stereocenters. The maximum atomic E-state index is 3.81. The molecule has 0 aromatic rings. The first-order chi connectivity index (χ1) is 10.9. The molecule has 0 heterocycles. The number of unbranched alkanes of at least 4 members (excludes halogenated alkanes) is 16. The van der Waals surface area contributed by atoms with E-state index in [9.17, 15) is 0 Å². The summed E-state index contributed by atoms with van der Waals surface area (Å²) in [5.41, 5.74) is 3.81. The molecule has 0 spiro atoms. The maximum absolute atomic E-state index is 3.81. The van der Waals surface area contributed by atoms with Crippen LogP contribution in [0.4, 0.5) is 0 Å².